The van der Waals surface area contributed by atoms with Gasteiger partial charge in [0.15, 0.2) is 21.6 Å². The summed E-state index contributed by atoms with van der Waals surface area (Å²) >= 11 is 10.7. The molecule has 0 aromatic rings. The summed E-state index contributed by atoms with van der Waals surface area (Å²) in [5.41, 5.74) is -1.38. The summed E-state index contributed by atoms with van der Waals surface area (Å²) < 4.78 is 0. The average molecular weight is 314 g/mol. The lowest BCUT2D eigenvalue weighted by Crippen LogP contribution is -2.64. The van der Waals surface area contributed by atoms with Crippen LogP contribution < -0.4 is 5.32 Å². The van der Waals surface area contributed by atoms with Gasteiger partial charge < -0.3 is 15.1 Å². The Kier molecular flexibility index (Phi) is 3.29. The van der Waals surface area contributed by atoms with Gasteiger partial charge in [-0.05, 0) is 45.2 Å². The first-order chi connectivity index (χ1) is 9.07. The number of Topliss-reactive ketones (excluding diaryl/α,β-unsaturated/α-hetero) is 1. The molecule has 0 spiro atoms. The summed E-state index contributed by atoms with van der Waals surface area (Å²) in [6.45, 7) is 5.23. The highest BCUT2D eigenvalue weighted by Gasteiger charge is 2.68. The van der Waals surface area contributed by atoms with Crippen molar-refractivity contribution >= 4 is 46.4 Å². The van der Waals surface area contributed by atoms with Crippen LogP contribution >= 0.6 is 24.4 Å². The highest BCUT2D eigenvalue weighted by atomic mass is 32.1. The number of nitrogens with one attached hydrogen (secondary N) is 1. The third-order valence-electron chi connectivity index (χ3n) is 4.46. The molecule has 0 aromatic heterocycles. The highest BCUT2D eigenvalue weighted by molar-refractivity contribution is 7.80. The third-order valence-corrected chi connectivity index (χ3v) is 5.29. The lowest BCUT2D eigenvalue weighted by Gasteiger charge is -2.41. The van der Waals surface area contributed by atoms with E-state index in [4.69, 9.17) is 24.4 Å². The number of thiocarbonyl (C=S) groups is 2. The second kappa shape index (κ2) is 4.36. The van der Waals surface area contributed by atoms with E-state index in [9.17, 15) is 9.59 Å². The van der Waals surface area contributed by atoms with E-state index in [1.165, 1.54) is 11.8 Å². The van der Waals surface area contributed by atoms with E-state index < -0.39 is 11.3 Å². The maximum Gasteiger partial charge on any atom is 0.238 e. The van der Waals surface area contributed by atoms with Crippen LogP contribution in [0.4, 0.5) is 0 Å². The molecule has 2 aliphatic rings. The van der Waals surface area contributed by atoms with Gasteiger partial charge in [0.25, 0.3) is 0 Å². The van der Waals surface area contributed by atoms with Crippen molar-refractivity contribution in [3.05, 3.63) is 0 Å². The normalized spacial score (nSPS) is 32.5. The van der Waals surface area contributed by atoms with E-state index in [0.717, 1.165) is 0 Å². The minimum Gasteiger partial charge on any atom is -0.336 e. The van der Waals surface area contributed by atoms with Gasteiger partial charge in [0.05, 0.1) is 6.42 Å². The molecule has 2 heterocycles. The fourth-order valence-corrected chi connectivity index (χ4v) is 3.77. The lowest BCUT2D eigenvalue weighted by molar-refractivity contribution is -0.136. The van der Waals surface area contributed by atoms with Crippen LogP contribution in [0.5, 0.6) is 0 Å². The first kappa shape index (κ1) is 15.1. The molecule has 1 amide bonds. The maximum absolute atomic E-state index is 12.4. The van der Waals surface area contributed by atoms with Crippen LogP contribution in [-0.4, -0.2) is 62.0 Å². The summed E-state index contributed by atoms with van der Waals surface area (Å²) in [7, 11) is 3.69. The van der Waals surface area contributed by atoms with Crippen LogP contribution in [-0.2, 0) is 9.59 Å². The maximum atomic E-state index is 12.4. The fraction of sp³-hybridized carbons (Fsp3) is 0.667. The Labute approximate surface area is 129 Å². The molecular formula is C12H18N4O2S2. The van der Waals surface area contributed by atoms with Crippen molar-refractivity contribution in [1.29, 1.82) is 0 Å². The zero-order valence-corrected chi connectivity index (χ0v) is 13.8. The van der Waals surface area contributed by atoms with E-state index >= 15 is 0 Å². The van der Waals surface area contributed by atoms with E-state index in [0.29, 0.717) is 10.2 Å². The highest BCUT2D eigenvalue weighted by Crippen LogP contribution is 2.45. The number of likely N-dealkylation sites (N-methyl/N-ethyl adjacent to an activating group) is 2. The van der Waals surface area contributed by atoms with Crippen molar-refractivity contribution in [3.63, 3.8) is 0 Å². The molecule has 2 fully saturated rings. The Balaban J connectivity index is 2.50. The second-order valence-electron chi connectivity index (χ2n) is 5.53. The number of hydrogen-bond donors (Lipinski definition) is 1. The van der Waals surface area contributed by atoms with E-state index in [1.807, 2.05) is 37.7 Å². The van der Waals surface area contributed by atoms with Gasteiger partial charge >= 0.3 is 0 Å². The van der Waals surface area contributed by atoms with Gasteiger partial charge in [-0.1, -0.05) is 0 Å². The van der Waals surface area contributed by atoms with E-state index in [2.05, 4.69) is 5.32 Å². The minimum absolute atomic E-state index is 0.169. The largest absolute Gasteiger partial charge is 0.336 e. The van der Waals surface area contributed by atoms with Crippen LogP contribution in [0.1, 0.15) is 27.2 Å². The molecule has 110 valence electrons. The molecule has 20 heavy (non-hydrogen) atoms. The van der Waals surface area contributed by atoms with Crippen molar-refractivity contribution in [2.45, 2.75) is 38.5 Å². The van der Waals surface area contributed by atoms with Gasteiger partial charge in [-0.25, -0.2) is 0 Å². The Morgan fingerprint density at radius 3 is 2.25 bits per heavy atom. The molecule has 2 rings (SSSR count). The molecule has 2 aliphatic heterocycles. The predicted molar refractivity (Wildman–Crippen MR) is 82.8 cm³/mol. The monoisotopic (exact) mass is 314 g/mol. The Bertz CT molecular complexity index is 538. The summed E-state index contributed by atoms with van der Waals surface area (Å²) in [6, 6.07) is 0. The molecule has 0 bridgehead atoms. The van der Waals surface area contributed by atoms with Crippen molar-refractivity contribution < 1.29 is 9.59 Å². The summed E-state index contributed by atoms with van der Waals surface area (Å²) in [5, 5.41) is 4.11. The molecule has 2 saturated heterocycles. The number of amides is 1. The Morgan fingerprint density at radius 2 is 1.75 bits per heavy atom. The van der Waals surface area contributed by atoms with Crippen molar-refractivity contribution in [1.82, 2.24) is 20.0 Å². The number of nitrogens with zero attached hydrogens (tertiary/aromatic N) is 3. The van der Waals surface area contributed by atoms with Gasteiger partial charge in [0.1, 0.15) is 5.78 Å². The number of hydrogen-bond acceptors (Lipinski definition) is 4. The molecule has 0 aliphatic carbocycles. The first-order valence-corrected chi connectivity index (χ1v) is 7.05. The molecule has 0 aromatic carbocycles. The number of carbonyl (C=O) groups excluding carboxylic acids is 2. The topological polar surface area (TPSA) is 55.9 Å². The molecule has 2 atom stereocenters. The molecule has 6 nitrogen and oxygen atoms in total. The average Bonchev–Trinajstić information content (AvgIpc) is 2.58. The zero-order valence-electron chi connectivity index (χ0n) is 12.2. The molecule has 0 radical (unpaired) electrons. The quantitative estimate of drug-likeness (QED) is 0.580. The minimum atomic E-state index is -0.794. The Morgan fingerprint density at radius 1 is 1.20 bits per heavy atom. The number of carbonyl (C=O) groups is 2. The first-order valence-electron chi connectivity index (χ1n) is 6.23. The molecule has 1 N–H and O–H groups in total. The molecular weight excluding hydrogens is 296 g/mol. The second-order valence-corrected chi connectivity index (χ2v) is 6.28. The van der Waals surface area contributed by atoms with Crippen molar-refractivity contribution in [3.8, 4) is 0 Å². The number of ketones is 1. The summed E-state index contributed by atoms with van der Waals surface area (Å²) in [4.78, 5) is 28.8. The standard InChI is InChI=1S/C12H18N4O2S2/c1-7(17)6-8(18)16-10(20)15(5)12(3)11(16,2)13-9(19)14(12)4/h6H2,1-5H3,(H,13,19)/t11-,12+/m1/s1. The van der Waals surface area contributed by atoms with Crippen LogP contribution in [0.15, 0.2) is 0 Å². The molecule has 8 heteroatoms. The third kappa shape index (κ3) is 1.61. The van der Waals surface area contributed by atoms with Crippen LogP contribution in [0, 0.1) is 0 Å². The smallest absolute Gasteiger partial charge is 0.238 e. The summed E-state index contributed by atoms with van der Waals surface area (Å²) in [5.74, 6) is -0.502. The van der Waals surface area contributed by atoms with Crippen molar-refractivity contribution in [2.75, 3.05) is 14.1 Å². The zero-order chi connectivity index (χ0) is 15.5. The van der Waals surface area contributed by atoms with Crippen LogP contribution in [0.2, 0.25) is 0 Å². The number of rotatable bonds is 2. The van der Waals surface area contributed by atoms with Crippen LogP contribution in [0.3, 0.4) is 0 Å². The van der Waals surface area contributed by atoms with E-state index in [1.54, 1.807) is 0 Å². The lowest BCUT2D eigenvalue weighted by atomic mass is 9.96. The Hall–Kier alpha value is -1.28. The summed E-state index contributed by atoms with van der Waals surface area (Å²) in [6.07, 6.45) is -0.169. The predicted octanol–water partition coefficient (Wildman–Crippen LogP) is 0.277. The van der Waals surface area contributed by atoms with Gasteiger partial charge in [-0.15, -0.1) is 0 Å². The van der Waals surface area contributed by atoms with Gasteiger partial charge in [0, 0.05) is 14.1 Å². The van der Waals surface area contributed by atoms with Crippen LogP contribution in [0.25, 0.3) is 0 Å². The number of fused-ring (bicyclic) bond motifs is 1. The van der Waals surface area contributed by atoms with Gasteiger partial charge in [0.2, 0.25) is 5.91 Å². The van der Waals surface area contributed by atoms with Gasteiger partial charge in [-0.3, -0.25) is 14.5 Å². The molecule has 0 unspecified atom stereocenters. The molecule has 0 saturated carbocycles. The van der Waals surface area contributed by atoms with E-state index in [-0.39, 0.29) is 18.1 Å². The SMILES string of the molecule is CC(=O)CC(=O)N1C(=S)N(C)[C@]2(C)N(C)C(=S)N[C@]12C. The van der Waals surface area contributed by atoms with Gasteiger partial charge in [-0.2, -0.15) is 0 Å². The fourth-order valence-electron chi connectivity index (χ4n) is 2.93. The van der Waals surface area contributed by atoms with Crippen molar-refractivity contribution in [2.24, 2.45) is 0 Å².